The molecule has 10 atom stereocenters. The predicted octanol–water partition coefficient (Wildman–Crippen LogP) is 4.17. The first-order valence-electron chi connectivity index (χ1n) is 20.3. The van der Waals surface area contributed by atoms with Gasteiger partial charge < -0.3 is 29.3 Å². The molecule has 0 aromatic heterocycles. The maximum Gasteiger partial charge on any atom is 0.340 e. The van der Waals surface area contributed by atoms with Gasteiger partial charge in [0.2, 0.25) is 0 Å². The molecule has 2 N–H and O–H groups in total. The number of esters is 2. The van der Waals surface area contributed by atoms with Crippen LogP contribution in [0.4, 0.5) is 11.4 Å². The number of aliphatic hydroxyl groups is 2. The molecule has 0 bridgehead atoms. The van der Waals surface area contributed by atoms with Crippen LogP contribution in [0.5, 0.6) is 5.75 Å². The number of hydrogen-bond acceptors (Lipinski definition) is 11. The second kappa shape index (κ2) is 11.4. The molecule has 8 aliphatic rings. The van der Waals surface area contributed by atoms with Crippen LogP contribution in [0.1, 0.15) is 75.5 Å². The highest BCUT2D eigenvalue weighted by Gasteiger charge is 2.76. The Morgan fingerprint density at radius 3 is 2.40 bits per heavy atom. The smallest absolute Gasteiger partial charge is 0.340 e. The lowest BCUT2D eigenvalue weighted by molar-refractivity contribution is -0.181. The summed E-state index contributed by atoms with van der Waals surface area (Å²) in [4.78, 5) is 41.8. The Kier molecular flexibility index (Phi) is 7.40. The van der Waals surface area contributed by atoms with Crippen molar-refractivity contribution < 1.29 is 34.0 Å². The van der Waals surface area contributed by atoms with Crippen LogP contribution in [0.25, 0.3) is 0 Å². The van der Waals surface area contributed by atoms with Gasteiger partial charge in [0.1, 0.15) is 11.2 Å². The van der Waals surface area contributed by atoms with Crippen molar-refractivity contribution in [2.75, 3.05) is 59.5 Å². The molecule has 10 unspecified atom stereocenters. The Morgan fingerprint density at radius 1 is 0.909 bits per heavy atom. The molecular formula is C44H54N4O7. The van der Waals surface area contributed by atoms with Crippen molar-refractivity contribution in [2.45, 2.75) is 104 Å². The van der Waals surface area contributed by atoms with E-state index in [0.717, 1.165) is 67.1 Å². The summed E-state index contributed by atoms with van der Waals surface area (Å²) in [5.74, 6) is -0.514. The van der Waals surface area contributed by atoms with Gasteiger partial charge in [-0.05, 0) is 87.2 Å². The van der Waals surface area contributed by atoms with Crippen LogP contribution in [0.2, 0.25) is 0 Å². The summed E-state index contributed by atoms with van der Waals surface area (Å²) in [6.45, 7) is 7.20. The summed E-state index contributed by atoms with van der Waals surface area (Å²) in [5.41, 5.74) is -0.347. The normalized spacial score (nSPS) is 41.7. The van der Waals surface area contributed by atoms with Gasteiger partial charge in [0.05, 0.1) is 49.8 Å². The first-order valence-corrected chi connectivity index (χ1v) is 20.3. The number of aliphatic imine (C=N–C) groups is 1. The Balaban J connectivity index is 1.26. The highest BCUT2D eigenvalue weighted by atomic mass is 16.5. The summed E-state index contributed by atoms with van der Waals surface area (Å²) in [5, 5.41) is 24.9. The van der Waals surface area contributed by atoms with Crippen LogP contribution in [-0.2, 0) is 35.3 Å². The first-order chi connectivity index (χ1) is 26.4. The molecule has 6 heterocycles. The molecule has 3 saturated heterocycles. The Labute approximate surface area is 323 Å². The number of piperidine rings is 1. The Morgan fingerprint density at radius 2 is 1.67 bits per heavy atom. The van der Waals surface area contributed by atoms with Gasteiger partial charge >= 0.3 is 11.9 Å². The molecule has 5 fully saturated rings. The lowest BCUT2D eigenvalue weighted by Gasteiger charge is -2.61. The average Bonchev–Trinajstić information content (AvgIpc) is 3.94. The molecule has 0 amide bonds. The second-order valence-corrected chi connectivity index (χ2v) is 18.1. The molecule has 0 radical (unpaired) electrons. The number of hydrogen-bond donors (Lipinski definition) is 2. The lowest BCUT2D eigenvalue weighted by Crippen LogP contribution is -2.74. The zero-order valence-corrected chi connectivity index (χ0v) is 32.9. The molecule has 2 spiro atoms. The second-order valence-electron chi connectivity index (χ2n) is 18.1. The van der Waals surface area contributed by atoms with Gasteiger partial charge in [-0.15, -0.1) is 0 Å². The molecule has 2 aromatic carbocycles. The number of nitrogens with zero attached hydrogens (tertiary/aromatic N) is 4. The Bertz CT molecular complexity index is 2090. The van der Waals surface area contributed by atoms with Crippen LogP contribution in [0, 0.1) is 11.3 Å². The largest absolute Gasteiger partial charge is 0.496 e. The van der Waals surface area contributed by atoms with Gasteiger partial charge in [-0.3, -0.25) is 19.6 Å². The number of methoxy groups -OCH3 is 3. The molecule has 292 valence electrons. The van der Waals surface area contributed by atoms with E-state index >= 15 is 4.79 Å². The van der Waals surface area contributed by atoms with E-state index in [4.69, 9.17) is 19.2 Å². The summed E-state index contributed by atoms with van der Waals surface area (Å²) in [6.07, 6.45) is 8.53. The van der Waals surface area contributed by atoms with Crippen molar-refractivity contribution in [3.63, 3.8) is 0 Å². The topological polar surface area (TPSA) is 124 Å². The predicted molar refractivity (Wildman–Crippen MR) is 207 cm³/mol. The third kappa shape index (κ3) is 3.99. The number of carbonyl (C=O) groups excluding carboxylic acids is 2. The van der Waals surface area contributed by atoms with Crippen LogP contribution < -0.4 is 9.64 Å². The molecule has 11 nitrogen and oxygen atoms in total. The van der Waals surface area contributed by atoms with Crippen LogP contribution in [-0.4, -0.2) is 122 Å². The monoisotopic (exact) mass is 750 g/mol. The molecule has 11 heteroatoms. The highest BCUT2D eigenvalue weighted by Crippen LogP contribution is 2.69. The van der Waals surface area contributed by atoms with Gasteiger partial charge in [0.15, 0.2) is 5.60 Å². The fraction of sp³-hybridized carbons (Fsp3) is 0.614. The summed E-state index contributed by atoms with van der Waals surface area (Å²) in [6, 6.07) is 12.0. The summed E-state index contributed by atoms with van der Waals surface area (Å²) >= 11 is 0. The van der Waals surface area contributed by atoms with Gasteiger partial charge in [0.25, 0.3) is 0 Å². The van der Waals surface area contributed by atoms with Crippen molar-refractivity contribution >= 4 is 29.0 Å². The van der Waals surface area contributed by atoms with E-state index in [2.05, 4.69) is 65.0 Å². The number of para-hydroxylation sites is 1. The fourth-order valence-corrected chi connectivity index (χ4v) is 14.5. The third-order valence-electron chi connectivity index (χ3n) is 16.3. The molecule has 2 aliphatic carbocycles. The van der Waals surface area contributed by atoms with E-state index in [-0.39, 0.29) is 30.4 Å². The first kappa shape index (κ1) is 35.6. The van der Waals surface area contributed by atoms with E-state index in [0.29, 0.717) is 37.1 Å². The van der Waals surface area contributed by atoms with Crippen molar-refractivity contribution in [3.8, 4) is 5.75 Å². The van der Waals surface area contributed by atoms with Crippen molar-refractivity contribution in [1.82, 2.24) is 9.80 Å². The highest BCUT2D eigenvalue weighted by molar-refractivity contribution is 6.21. The zero-order chi connectivity index (χ0) is 38.5. The van der Waals surface area contributed by atoms with Gasteiger partial charge in [-0.25, -0.2) is 4.79 Å². The summed E-state index contributed by atoms with van der Waals surface area (Å²) < 4.78 is 17.8. The molecular weight excluding hydrogens is 697 g/mol. The molecule has 2 saturated carbocycles. The fourth-order valence-electron chi connectivity index (χ4n) is 14.5. The zero-order valence-electron chi connectivity index (χ0n) is 32.9. The van der Waals surface area contributed by atoms with E-state index < -0.39 is 44.9 Å². The number of fused-ring (bicyclic) bond motifs is 2. The van der Waals surface area contributed by atoms with Gasteiger partial charge in [-0.1, -0.05) is 44.2 Å². The standard InChI is InChI=1S/C44H54N4O7/c1-7-39-14-11-17-47-18-16-42(35(39)47)28-20-29(32(53-4)21-31(28)46(3)36(42)44(52,24-39)38(50)55-6)43(37(49)54-5)23-26-22-40(51,8-2)25-48-19-15-41(33(26)48)27-12-9-10-13-30(27)45-34(41)43/h9-14,20-21,26,33,35-36,51-52H,7-8,15-19,22-25H2,1-6H3. The lowest BCUT2D eigenvalue weighted by atomic mass is 9.48. The van der Waals surface area contributed by atoms with Crippen molar-refractivity contribution in [2.24, 2.45) is 16.3 Å². The third-order valence-corrected chi connectivity index (χ3v) is 16.3. The molecule has 2 aromatic rings. The maximum absolute atomic E-state index is 15.2. The van der Waals surface area contributed by atoms with Crippen molar-refractivity contribution in [3.05, 3.63) is 65.2 Å². The van der Waals surface area contributed by atoms with Crippen LogP contribution >= 0.6 is 0 Å². The van der Waals surface area contributed by atoms with E-state index in [1.807, 2.05) is 19.2 Å². The number of anilines is 1. The van der Waals surface area contributed by atoms with Crippen LogP contribution in [0.3, 0.4) is 0 Å². The maximum atomic E-state index is 15.2. The average molecular weight is 751 g/mol. The Hall–Kier alpha value is -3.77. The quantitative estimate of drug-likeness (QED) is 0.329. The van der Waals surface area contributed by atoms with E-state index in [9.17, 15) is 15.0 Å². The molecule has 6 aliphatic heterocycles. The van der Waals surface area contributed by atoms with E-state index in [1.54, 1.807) is 7.11 Å². The molecule has 10 rings (SSSR count). The minimum Gasteiger partial charge on any atom is -0.496 e. The number of ether oxygens (including phenoxy) is 3. The minimum atomic E-state index is -1.81. The number of likely N-dealkylation sites (N-methyl/N-ethyl adjacent to an activating group) is 1. The van der Waals surface area contributed by atoms with Gasteiger partial charge in [-0.2, -0.15) is 0 Å². The number of carbonyl (C=O) groups is 2. The number of benzene rings is 2. The molecule has 55 heavy (non-hydrogen) atoms. The SMILES string of the molecule is CCC1(O)CC2CC(C(=O)OC)(c3cc4c(cc3OC)N(C)C3C(O)(C(=O)OC)CC5(CC)C=CCN6CCC43C65)C3=Nc4ccccc4C34CCN(C1)C24. The van der Waals surface area contributed by atoms with Crippen molar-refractivity contribution in [1.29, 1.82) is 0 Å². The van der Waals surface area contributed by atoms with E-state index in [1.165, 1.54) is 14.2 Å². The van der Waals surface area contributed by atoms with Crippen LogP contribution in [0.15, 0.2) is 53.5 Å². The minimum absolute atomic E-state index is 0.000372. The van der Waals surface area contributed by atoms with Gasteiger partial charge in [0, 0.05) is 60.4 Å². The summed E-state index contributed by atoms with van der Waals surface area (Å²) in [7, 11) is 6.45. The number of rotatable bonds is 6.